The van der Waals surface area contributed by atoms with Gasteiger partial charge in [-0.25, -0.2) is 8.42 Å². The van der Waals surface area contributed by atoms with Crippen molar-refractivity contribution in [1.82, 2.24) is 5.32 Å². The maximum absolute atomic E-state index is 11.6. The van der Waals surface area contributed by atoms with Crippen LogP contribution in [0.5, 0.6) is 5.75 Å². The highest BCUT2D eigenvalue weighted by atomic mass is 32.2. The Labute approximate surface area is 109 Å². The second kappa shape index (κ2) is 6.61. The molecule has 1 aromatic carbocycles. The molecule has 102 valence electrons. The minimum Gasteiger partial charge on any atom is -0.491 e. The molecule has 0 radical (unpaired) electrons. The zero-order chi connectivity index (χ0) is 13.6. The van der Waals surface area contributed by atoms with Crippen LogP contribution in [0.4, 0.5) is 5.69 Å². The third-order valence-corrected chi connectivity index (χ3v) is 3.41. The van der Waals surface area contributed by atoms with E-state index in [9.17, 15) is 8.42 Å². The van der Waals surface area contributed by atoms with Gasteiger partial charge in [-0.3, -0.25) is 4.72 Å². The van der Waals surface area contributed by atoms with Gasteiger partial charge in [0, 0.05) is 12.2 Å². The van der Waals surface area contributed by atoms with Crippen LogP contribution in [0.2, 0.25) is 0 Å². The van der Waals surface area contributed by atoms with Gasteiger partial charge in [0.2, 0.25) is 10.0 Å². The first kappa shape index (κ1) is 14.8. The topological polar surface area (TPSA) is 67.4 Å². The van der Waals surface area contributed by atoms with Gasteiger partial charge in [-0.15, -0.1) is 0 Å². The van der Waals surface area contributed by atoms with Crippen LogP contribution in [0.15, 0.2) is 24.3 Å². The highest BCUT2D eigenvalue weighted by molar-refractivity contribution is 7.92. The molecule has 0 aliphatic heterocycles. The number of benzene rings is 1. The average Bonchev–Trinajstić information content (AvgIpc) is 2.28. The Hall–Kier alpha value is -1.27. The first-order chi connectivity index (χ1) is 8.43. The van der Waals surface area contributed by atoms with Crippen LogP contribution in [0, 0.1) is 0 Å². The lowest BCUT2D eigenvalue weighted by atomic mass is 10.3. The Kier molecular flexibility index (Phi) is 5.43. The van der Waals surface area contributed by atoms with Crippen LogP contribution >= 0.6 is 0 Å². The fraction of sp³-hybridized carbons (Fsp3) is 0.500. The number of sulfonamides is 1. The van der Waals surface area contributed by atoms with E-state index >= 15 is 0 Å². The summed E-state index contributed by atoms with van der Waals surface area (Å²) in [7, 11) is -1.57. The molecule has 0 saturated carbocycles. The van der Waals surface area contributed by atoms with Gasteiger partial charge < -0.3 is 10.1 Å². The summed E-state index contributed by atoms with van der Waals surface area (Å²) in [6.45, 7) is 4.30. The molecular formula is C12H20N2O3S. The molecular weight excluding hydrogens is 252 g/mol. The summed E-state index contributed by atoms with van der Waals surface area (Å²) in [6, 6.07) is 6.87. The Morgan fingerprint density at radius 3 is 2.33 bits per heavy atom. The monoisotopic (exact) mass is 272 g/mol. The van der Waals surface area contributed by atoms with Gasteiger partial charge in [-0.2, -0.15) is 0 Å². The maximum Gasteiger partial charge on any atom is 0.233 e. The maximum atomic E-state index is 11.6. The van der Waals surface area contributed by atoms with Crippen LogP contribution in [-0.4, -0.2) is 33.9 Å². The summed E-state index contributed by atoms with van der Waals surface area (Å²) < 4.78 is 31.3. The number of hydrogen-bond acceptors (Lipinski definition) is 4. The van der Waals surface area contributed by atoms with Gasteiger partial charge in [0.1, 0.15) is 5.75 Å². The van der Waals surface area contributed by atoms with Crippen molar-refractivity contribution >= 4 is 15.7 Å². The summed E-state index contributed by atoms with van der Waals surface area (Å²) in [5.41, 5.74) is 0.544. The lowest BCUT2D eigenvalue weighted by Crippen LogP contribution is -2.24. The average molecular weight is 272 g/mol. The van der Waals surface area contributed by atoms with Gasteiger partial charge in [0.15, 0.2) is 0 Å². The number of hydrogen-bond donors (Lipinski definition) is 2. The van der Waals surface area contributed by atoms with E-state index in [1.807, 2.05) is 13.8 Å². The van der Waals surface area contributed by atoms with Crippen LogP contribution < -0.4 is 14.8 Å². The number of ether oxygens (including phenoxy) is 1. The largest absolute Gasteiger partial charge is 0.491 e. The lowest BCUT2D eigenvalue weighted by molar-refractivity contribution is 0.242. The number of anilines is 1. The molecule has 0 spiro atoms. The van der Waals surface area contributed by atoms with Crippen molar-refractivity contribution in [3.05, 3.63) is 24.3 Å². The lowest BCUT2D eigenvalue weighted by Gasteiger charge is -2.11. The molecule has 0 bridgehead atoms. The fourth-order valence-electron chi connectivity index (χ4n) is 1.34. The third-order valence-electron chi connectivity index (χ3n) is 2.12. The van der Waals surface area contributed by atoms with Gasteiger partial charge >= 0.3 is 0 Å². The SMILES string of the molecule is CNCCS(=O)(=O)Nc1ccc(OC(C)C)cc1. The van der Waals surface area contributed by atoms with E-state index in [4.69, 9.17) is 4.74 Å². The van der Waals surface area contributed by atoms with E-state index in [1.165, 1.54) is 0 Å². The summed E-state index contributed by atoms with van der Waals surface area (Å²) >= 11 is 0. The van der Waals surface area contributed by atoms with Crippen molar-refractivity contribution in [1.29, 1.82) is 0 Å². The molecule has 1 aromatic rings. The van der Waals surface area contributed by atoms with Crippen LogP contribution in [0.3, 0.4) is 0 Å². The van der Waals surface area contributed by atoms with Gasteiger partial charge in [0.05, 0.1) is 11.9 Å². The summed E-state index contributed by atoms with van der Waals surface area (Å²) in [5, 5.41) is 2.80. The van der Waals surface area contributed by atoms with E-state index in [0.717, 1.165) is 5.75 Å². The molecule has 18 heavy (non-hydrogen) atoms. The minimum absolute atomic E-state index is 0.0494. The zero-order valence-corrected chi connectivity index (χ0v) is 11.8. The van der Waals surface area contributed by atoms with Gasteiger partial charge in [-0.1, -0.05) is 0 Å². The predicted molar refractivity (Wildman–Crippen MR) is 73.5 cm³/mol. The van der Waals surface area contributed by atoms with E-state index < -0.39 is 10.0 Å². The molecule has 0 atom stereocenters. The Morgan fingerprint density at radius 1 is 1.22 bits per heavy atom. The molecule has 0 aliphatic carbocycles. The molecule has 0 saturated heterocycles. The fourth-order valence-corrected chi connectivity index (χ4v) is 2.41. The molecule has 2 N–H and O–H groups in total. The molecule has 0 fully saturated rings. The minimum atomic E-state index is -3.29. The normalized spacial score (nSPS) is 11.6. The molecule has 0 unspecified atom stereocenters. The highest BCUT2D eigenvalue weighted by Crippen LogP contribution is 2.17. The summed E-state index contributed by atoms with van der Waals surface area (Å²) in [6.07, 6.45) is 0.100. The third kappa shape index (κ3) is 5.37. The van der Waals surface area contributed by atoms with Crippen molar-refractivity contribution in [2.45, 2.75) is 20.0 Å². The van der Waals surface area contributed by atoms with E-state index in [1.54, 1.807) is 31.3 Å². The van der Waals surface area contributed by atoms with Crippen molar-refractivity contribution in [2.75, 3.05) is 24.1 Å². The van der Waals surface area contributed by atoms with Crippen molar-refractivity contribution < 1.29 is 13.2 Å². The molecule has 0 aliphatic rings. The van der Waals surface area contributed by atoms with Crippen LogP contribution in [0.25, 0.3) is 0 Å². The second-order valence-corrected chi connectivity index (χ2v) is 6.06. The van der Waals surface area contributed by atoms with E-state index in [2.05, 4.69) is 10.0 Å². The zero-order valence-electron chi connectivity index (χ0n) is 10.9. The van der Waals surface area contributed by atoms with Crippen LogP contribution in [0.1, 0.15) is 13.8 Å². The standard InChI is InChI=1S/C12H20N2O3S/c1-10(2)17-12-6-4-11(5-7-12)14-18(15,16)9-8-13-3/h4-7,10,13-14H,8-9H2,1-3H3. The Bertz CT molecular complexity index is 455. The smallest absolute Gasteiger partial charge is 0.233 e. The molecule has 6 heteroatoms. The highest BCUT2D eigenvalue weighted by Gasteiger charge is 2.09. The molecule has 1 rings (SSSR count). The quantitative estimate of drug-likeness (QED) is 0.788. The Balaban J connectivity index is 2.63. The predicted octanol–water partition coefficient (Wildman–Crippen LogP) is 1.43. The molecule has 0 aromatic heterocycles. The Morgan fingerprint density at radius 2 is 1.83 bits per heavy atom. The second-order valence-electron chi connectivity index (χ2n) is 4.22. The first-order valence-corrected chi connectivity index (χ1v) is 7.50. The summed E-state index contributed by atoms with van der Waals surface area (Å²) in [5.74, 6) is 0.775. The number of rotatable bonds is 7. The van der Waals surface area contributed by atoms with E-state index in [0.29, 0.717) is 12.2 Å². The summed E-state index contributed by atoms with van der Waals surface area (Å²) in [4.78, 5) is 0. The van der Waals surface area contributed by atoms with Gasteiger partial charge in [-0.05, 0) is 45.2 Å². The number of nitrogens with one attached hydrogen (secondary N) is 2. The molecule has 0 amide bonds. The van der Waals surface area contributed by atoms with E-state index in [-0.39, 0.29) is 11.9 Å². The molecule has 0 heterocycles. The van der Waals surface area contributed by atoms with Gasteiger partial charge in [0.25, 0.3) is 0 Å². The van der Waals surface area contributed by atoms with Crippen LogP contribution in [-0.2, 0) is 10.0 Å². The van der Waals surface area contributed by atoms with Crippen molar-refractivity contribution in [3.63, 3.8) is 0 Å². The molecule has 5 nitrogen and oxygen atoms in total. The van der Waals surface area contributed by atoms with Crippen molar-refractivity contribution in [3.8, 4) is 5.75 Å². The first-order valence-electron chi connectivity index (χ1n) is 5.85. The van der Waals surface area contributed by atoms with Crippen molar-refractivity contribution in [2.24, 2.45) is 0 Å².